The van der Waals surface area contributed by atoms with Crippen LogP contribution in [0.5, 0.6) is 0 Å². The van der Waals surface area contributed by atoms with Crippen molar-refractivity contribution in [2.24, 2.45) is 0 Å². The fourth-order valence-electron chi connectivity index (χ4n) is 1.54. The summed E-state index contributed by atoms with van der Waals surface area (Å²) in [6, 6.07) is 4.18. The molecule has 0 atom stereocenters. The molecule has 2 aromatic rings. The zero-order chi connectivity index (χ0) is 13.1. The topological polar surface area (TPSA) is 48.3 Å². The maximum atomic E-state index is 13.6. The molecule has 0 unspecified atom stereocenters. The minimum atomic E-state index is -0.716. The maximum absolute atomic E-state index is 13.6. The molecule has 0 fully saturated rings. The van der Waals surface area contributed by atoms with Gasteiger partial charge in [0.05, 0.1) is 19.2 Å². The van der Waals surface area contributed by atoms with Crippen LogP contribution in [0.3, 0.4) is 0 Å². The highest BCUT2D eigenvalue weighted by Crippen LogP contribution is 2.12. The summed E-state index contributed by atoms with van der Waals surface area (Å²) >= 11 is 1.08. The number of esters is 1. The minimum absolute atomic E-state index is 0.104. The van der Waals surface area contributed by atoms with Gasteiger partial charge in [-0.2, -0.15) is 0 Å². The highest BCUT2D eigenvalue weighted by Gasteiger charge is 2.12. The van der Waals surface area contributed by atoms with Gasteiger partial charge in [0.15, 0.2) is 0 Å². The van der Waals surface area contributed by atoms with Crippen LogP contribution in [0.2, 0.25) is 0 Å². The van der Waals surface area contributed by atoms with E-state index in [0.29, 0.717) is 5.56 Å². The van der Waals surface area contributed by atoms with Crippen LogP contribution < -0.4 is 4.87 Å². The standard InChI is InChI=1S/C12H10FNO3S/c1-17-11(15)9-3-2-8(6-10(9)13)7-14-4-5-18-12(14)16/h2-6H,7H2,1H3. The Morgan fingerprint density at radius 2 is 2.28 bits per heavy atom. The number of ether oxygens (including phenoxy) is 1. The average Bonchev–Trinajstić information content (AvgIpc) is 2.74. The fraction of sp³-hybridized carbons (Fsp3) is 0.167. The Bertz CT molecular complexity index is 632. The number of hydrogen-bond acceptors (Lipinski definition) is 4. The molecule has 1 aromatic heterocycles. The van der Waals surface area contributed by atoms with E-state index in [1.54, 1.807) is 17.6 Å². The van der Waals surface area contributed by atoms with Crippen molar-refractivity contribution >= 4 is 17.3 Å². The molecule has 6 heteroatoms. The molecule has 0 saturated carbocycles. The zero-order valence-corrected chi connectivity index (χ0v) is 10.4. The number of hydrogen-bond donors (Lipinski definition) is 0. The Balaban J connectivity index is 2.27. The molecule has 0 saturated heterocycles. The minimum Gasteiger partial charge on any atom is -0.465 e. The lowest BCUT2D eigenvalue weighted by Gasteiger charge is -2.05. The number of methoxy groups -OCH3 is 1. The second-order valence-corrected chi connectivity index (χ2v) is 4.46. The van der Waals surface area contributed by atoms with Gasteiger partial charge in [-0.25, -0.2) is 9.18 Å². The van der Waals surface area contributed by atoms with Gasteiger partial charge in [0, 0.05) is 11.6 Å². The predicted molar refractivity (Wildman–Crippen MR) is 65.4 cm³/mol. The fourth-order valence-corrected chi connectivity index (χ4v) is 2.12. The van der Waals surface area contributed by atoms with Gasteiger partial charge in [0.1, 0.15) is 5.82 Å². The Labute approximate surface area is 106 Å². The number of rotatable bonds is 3. The Morgan fingerprint density at radius 1 is 1.50 bits per heavy atom. The number of thiazole rings is 1. The monoisotopic (exact) mass is 267 g/mol. The molecular formula is C12H10FNO3S. The van der Waals surface area contributed by atoms with Crippen molar-refractivity contribution in [1.82, 2.24) is 4.57 Å². The molecule has 0 spiro atoms. The van der Waals surface area contributed by atoms with Crippen LogP contribution in [0.25, 0.3) is 0 Å². The highest BCUT2D eigenvalue weighted by atomic mass is 32.1. The third-order valence-electron chi connectivity index (χ3n) is 2.44. The summed E-state index contributed by atoms with van der Waals surface area (Å²) < 4.78 is 19.6. The van der Waals surface area contributed by atoms with Crippen LogP contribution in [-0.4, -0.2) is 17.6 Å². The molecular weight excluding hydrogens is 257 g/mol. The maximum Gasteiger partial charge on any atom is 0.340 e. The first-order valence-electron chi connectivity index (χ1n) is 5.12. The Kier molecular flexibility index (Phi) is 3.57. The van der Waals surface area contributed by atoms with E-state index in [-0.39, 0.29) is 17.0 Å². The van der Waals surface area contributed by atoms with Crippen LogP contribution in [-0.2, 0) is 11.3 Å². The van der Waals surface area contributed by atoms with Gasteiger partial charge in [-0.1, -0.05) is 17.4 Å². The normalized spacial score (nSPS) is 10.3. The summed E-state index contributed by atoms with van der Waals surface area (Å²) in [6.07, 6.45) is 1.64. The second kappa shape index (κ2) is 5.14. The SMILES string of the molecule is COC(=O)c1ccc(Cn2ccsc2=O)cc1F. The molecule has 18 heavy (non-hydrogen) atoms. The van der Waals surface area contributed by atoms with E-state index in [0.717, 1.165) is 11.3 Å². The van der Waals surface area contributed by atoms with E-state index in [9.17, 15) is 14.0 Å². The van der Waals surface area contributed by atoms with Crippen LogP contribution in [0.15, 0.2) is 34.6 Å². The largest absolute Gasteiger partial charge is 0.465 e. The zero-order valence-electron chi connectivity index (χ0n) is 9.55. The van der Waals surface area contributed by atoms with Crippen molar-refractivity contribution in [2.45, 2.75) is 6.54 Å². The number of benzene rings is 1. The first-order valence-corrected chi connectivity index (χ1v) is 6.00. The molecule has 4 nitrogen and oxygen atoms in total. The first kappa shape index (κ1) is 12.5. The molecule has 0 N–H and O–H groups in total. The number of nitrogens with zero attached hydrogens (tertiary/aromatic N) is 1. The van der Waals surface area contributed by atoms with Crippen LogP contribution in [0.4, 0.5) is 4.39 Å². The van der Waals surface area contributed by atoms with Gasteiger partial charge in [-0.05, 0) is 17.7 Å². The van der Waals surface area contributed by atoms with Crippen molar-refractivity contribution < 1.29 is 13.9 Å². The lowest BCUT2D eigenvalue weighted by Crippen LogP contribution is -2.13. The lowest BCUT2D eigenvalue weighted by atomic mass is 10.1. The van der Waals surface area contributed by atoms with E-state index < -0.39 is 11.8 Å². The molecule has 0 radical (unpaired) electrons. The van der Waals surface area contributed by atoms with Crippen LogP contribution in [0.1, 0.15) is 15.9 Å². The molecule has 94 valence electrons. The van der Waals surface area contributed by atoms with Gasteiger partial charge in [0.2, 0.25) is 0 Å². The van der Waals surface area contributed by atoms with Crippen molar-refractivity contribution in [3.05, 3.63) is 56.4 Å². The molecule has 0 amide bonds. The van der Waals surface area contributed by atoms with E-state index in [1.165, 1.54) is 23.8 Å². The number of aromatic nitrogens is 1. The van der Waals surface area contributed by atoms with Crippen molar-refractivity contribution in [3.63, 3.8) is 0 Å². The number of carbonyl (C=O) groups excluding carboxylic acids is 1. The van der Waals surface area contributed by atoms with Gasteiger partial charge >= 0.3 is 10.8 Å². The summed E-state index contributed by atoms with van der Waals surface area (Å²) in [6.45, 7) is 0.278. The molecule has 1 aromatic carbocycles. The molecule has 2 rings (SSSR count). The second-order valence-electron chi connectivity index (χ2n) is 3.60. The van der Waals surface area contributed by atoms with Gasteiger partial charge in [-0.15, -0.1) is 0 Å². The molecule has 0 aliphatic heterocycles. The van der Waals surface area contributed by atoms with E-state index in [2.05, 4.69) is 4.74 Å². The molecule has 0 aliphatic carbocycles. The highest BCUT2D eigenvalue weighted by molar-refractivity contribution is 7.07. The van der Waals surface area contributed by atoms with E-state index >= 15 is 0 Å². The third kappa shape index (κ3) is 2.48. The first-order chi connectivity index (χ1) is 8.61. The molecule has 0 bridgehead atoms. The van der Waals surface area contributed by atoms with Gasteiger partial charge in [0.25, 0.3) is 0 Å². The lowest BCUT2D eigenvalue weighted by molar-refractivity contribution is 0.0595. The summed E-state index contributed by atoms with van der Waals surface area (Å²) in [4.78, 5) is 22.4. The van der Waals surface area contributed by atoms with Crippen LogP contribution >= 0.6 is 11.3 Å². The predicted octanol–water partition coefficient (Wildman–Crippen LogP) is 1.88. The third-order valence-corrected chi connectivity index (χ3v) is 3.13. The van der Waals surface area contributed by atoms with E-state index in [4.69, 9.17) is 0 Å². The number of carbonyl (C=O) groups is 1. The summed E-state index contributed by atoms with van der Waals surface area (Å²) in [5.74, 6) is -1.37. The Hall–Kier alpha value is -1.95. The average molecular weight is 267 g/mol. The molecule has 1 heterocycles. The van der Waals surface area contributed by atoms with Gasteiger partial charge in [-0.3, -0.25) is 4.79 Å². The van der Waals surface area contributed by atoms with Crippen molar-refractivity contribution in [3.8, 4) is 0 Å². The van der Waals surface area contributed by atoms with Crippen LogP contribution in [0, 0.1) is 5.82 Å². The van der Waals surface area contributed by atoms with Gasteiger partial charge < -0.3 is 9.30 Å². The molecule has 0 aliphatic rings. The van der Waals surface area contributed by atoms with E-state index in [1.807, 2.05) is 0 Å². The van der Waals surface area contributed by atoms with Crippen molar-refractivity contribution in [1.29, 1.82) is 0 Å². The summed E-state index contributed by atoms with van der Waals surface area (Å²) in [5, 5.41) is 1.67. The Morgan fingerprint density at radius 3 is 2.83 bits per heavy atom. The smallest absolute Gasteiger partial charge is 0.340 e. The number of halogens is 1. The van der Waals surface area contributed by atoms with Crippen molar-refractivity contribution in [2.75, 3.05) is 7.11 Å². The summed E-state index contributed by atoms with van der Waals surface area (Å²) in [5.41, 5.74) is 0.500. The quantitative estimate of drug-likeness (QED) is 0.798. The summed E-state index contributed by atoms with van der Waals surface area (Å²) in [7, 11) is 1.20.